The summed E-state index contributed by atoms with van der Waals surface area (Å²) in [4.78, 5) is 34.6. The third kappa shape index (κ3) is 1.64. The van der Waals surface area contributed by atoms with Gasteiger partial charge in [-0.3, -0.25) is 4.79 Å². The molecule has 2 heterocycles. The average Bonchev–Trinajstić information content (AvgIpc) is 2.91. The monoisotopic (exact) mass is 242 g/mol. The maximum absolute atomic E-state index is 11.2. The lowest BCUT2D eigenvalue weighted by Crippen LogP contribution is -1.99. The number of carbonyl (C=O) groups is 1. The molecular formula is C12H10N4O2. The van der Waals surface area contributed by atoms with E-state index in [9.17, 15) is 9.59 Å². The number of rotatable bonds is 2. The molecule has 3 rings (SSSR count). The van der Waals surface area contributed by atoms with Crippen LogP contribution in [0.25, 0.3) is 22.3 Å². The zero-order valence-corrected chi connectivity index (χ0v) is 9.57. The number of imidazole rings is 2. The zero-order valence-electron chi connectivity index (χ0n) is 9.57. The maximum atomic E-state index is 11.2. The van der Waals surface area contributed by atoms with E-state index in [4.69, 9.17) is 0 Å². The fourth-order valence-corrected chi connectivity index (χ4v) is 1.85. The number of hydrogen-bond acceptors (Lipinski definition) is 3. The first-order valence-corrected chi connectivity index (χ1v) is 5.42. The molecule has 6 heteroatoms. The Kier molecular flexibility index (Phi) is 2.16. The number of H-pyrrole nitrogens is 3. The molecule has 0 spiro atoms. The first-order valence-electron chi connectivity index (χ1n) is 5.42. The number of ketones is 1. The summed E-state index contributed by atoms with van der Waals surface area (Å²) in [5.41, 5.74) is 2.82. The molecule has 6 nitrogen and oxygen atoms in total. The van der Waals surface area contributed by atoms with Gasteiger partial charge in [0.05, 0.1) is 22.9 Å². The van der Waals surface area contributed by atoms with E-state index in [0.29, 0.717) is 5.82 Å². The Morgan fingerprint density at radius 3 is 2.67 bits per heavy atom. The number of carbonyl (C=O) groups excluding carboxylic acids is 1. The van der Waals surface area contributed by atoms with Crippen LogP contribution >= 0.6 is 0 Å². The summed E-state index contributed by atoms with van der Waals surface area (Å²) in [7, 11) is 0. The Morgan fingerprint density at radius 2 is 1.94 bits per heavy atom. The zero-order chi connectivity index (χ0) is 12.7. The third-order valence-corrected chi connectivity index (χ3v) is 2.74. The number of aromatic amines is 3. The van der Waals surface area contributed by atoms with Crippen LogP contribution in [0.1, 0.15) is 17.5 Å². The van der Waals surface area contributed by atoms with Crippen molar-refractivity contribution in [3.63, 3.8) is 0 Å². The smallest absolute Gasteiger partial charge is 0.323 e. The van der Waals surface area contributed by atoms with Gasteiger partial charge >= 0.3 is 5.69 Å². The maximum Gasteiger partial charge on any atom is 0.323 e. The molecule has 2 aromatic heterocycles. The van der Waals surface area contributed by atoms with E-state index < -0.39 is 0 Å². The molecule has 0 aliphatic carbocycles. The van der Waals surface area contributed by atoms with Crippen LogP contribution in [0.4, 0.5) is 0 Å². The summed E-state index contributed by atoms with van der Waals surface area (Å²) in [6, 6.07) is 5.48. The van der Waals surface area contributed by atoms with Gasteiger partial charge in [0.1, 0.15) is 0 Å². The lowest BCUT2D eigenvalue weighted by molar-refractivity contribution is 0.100. The van der Waals surface area contributed by atoms with E-state index in [-0.39, 0.29) is 11.5 Å². The number of aromatic nitrogens is 4. The topological polar surface area (TPSA) is 94.4 Å². The molecule has 0 atom stereocenters. The number of fused-ring (bicyclic) bond motifs is 1. The Morgan fingerprint density at radius 1 is 1.17 bits per heavy atom. The van der Waals surface area contributed by atoms with Gasteiger partial charge in [0.15, 0.2) is 11.6 Å². The minimum Gasteiger partial charge on any atom is -0.336 e. The number of hydrogen-bond donors (Lipinski definition) is 3. The molecule has 0 aliphatic rings. The Labute approximate surface area is 101 Å². The fourth-order valence-electron chi connectivity index (χ4n) is 1.85. The van der Waals surface area contributed by atoms with Gasteiger partial charge in [-0.05, 0) is 12.1 Å². The van der Waals surface area contributed by atoms with E-state index in [1.165, 1.54) is 6.92 Å². The molecule has 3 N–H and O–H groups in total. The van der Waals surface area contributed by atoms with Crippen LogP contribution in [0.2, 0.25) is 0 Å². The summed E-state index contributed by atoms with van der Waals surface area (Å²) in [5, 5.41) is 0. The van der Waals surface area contributed by atoms with Crippen molar-refractivity contribution in [1.82, 2.24) is 19.9 Å². The summed E-state index contributed by atoms with van der Waals surface area (Å²) in [6.45, 7) is 1.45. The number of benzene rings is 1. The Hall–Kier alpha value is -2.63. The van der Waals surface area contributed by atoms with Gasteiger partial charge in [-0.2, -0.15) is 0 Å². The van der Waals surface area contributed by atoms with Gasteiger partial charge in [0.25, 0.3) is 0 Å². The van der Waals surface area contributed by atoms with Crippen LogP contribution in [0.5, 0.6) is 0 Å². The highest BCUT2D eigenvalue weighted by atomic mass is 16.1. The normalized spacial score (nSPS) is 10.9. The molecule has 0 unspecified atom stereocenters. The molecule has 3 aromatic rings. The second-order valence-electron chi connectivity index (χ2n) is 4.04. The quantitative estimate of drug-likeness (QED) is 0.593. The predicted molar refractivity (Wildman–Crippen MR) is 66.5 cm³/mol. The van der Waals surface area contributed by atoms with E-state index in [0.717, 1.165) is 22.3 Å². The van der Waals surface area contributed by atoms with Gasteiger partial charge < -0.3 is 15.0 Å². The molecule has 0 aliphatic heterocycles. The molecule has 0 fully saturated rings. The van der Waals surface area contributed by atoms with Crippen molar-refractivity contribution < 1.29 is 4.79 Å². The molecule has 90 valence electrons. The van der Waals surface area contributed by atoms with Crippen molar-refractivity contribution in [3.05, 3.63) is 40.7 Å². The summed E-state index contributed by atoms with van der Waals surface area (Å²) >= 11 is 0. The predicted octanol–water partition coefficient (Wildman–Crippen LogP) is 1.45. The third-order valence-electron chi connectivity index (χ3n) is 2.74. The number of Topliss-reactive ketones (excluding diaryl/α,β-unsaturated/α-hetero) is 1. The highest BCUT2D eigenvalue weighted by Gasteiger charge is 2.07. The molecule has 18 heavy (non-hydrogen) atoms. The van der Waals surface area contributed by atoms with Crippen molar-refractivity contribution in [2.24, 2.45) is 0 Å². The fraction of sp³-hybridized carbons (Fsp3) is 0.0833. The van der Waals surface area contributed by atoms with Gasteiger partial charge in [0, 0.05) is 12.5 Å². The molecule has 0 radical (unpaired) electrons. The van der Waals surface area contributed by atoms with Crippen LogP contribution in [0.3, 0.4) is 0 Å². The summed E-state index contributed by atoms with van der Waals surface area (Å²) in [6.07, 6.45) is 1.60. The van der Waals surface area contributed by atoms with Crippen LogP contribution in [-0.4, -0.2) is 25.7 Å². The van der Waals surface area contributed by atoms with Crippen LogP contribution < -0.4 is 5.69 Å². The second-order valence-corrected chi connectivity index (χ2v) is 4.04. The first-order chi connectivity index (χ1) is 8.63. The van der Waals surface area contributed by atoms with Gasteiger partial charge in [0.2, 0.25) is 0 Å². The van der Waals surface area contributed by atoms with E-state index >= 15 is 0 Å². The van der Waals surface area contributed by atoms with Crippen molar-refractivity contribution in [1.29, 1.82) is 0 Å². The Bertz CT molecular complexity index is 794. The summed E-state index contributed by atoms with van der Waals surface area (Å²) in [5.74, 6) is 0.213. The van der Waals surface area contributed by atoms with Crippen molar-refractivity contribution in [2.75, 3.05) is 0 Å². The second kappa shape index (κ2) is 3.69. The van der Waals surface area contributed by atoms with Crippen LogP contribution in [0, 0.1) is 0 Å². The van der Waals surface area contributed by atoms with Crippen LogP contribution in [0.15, 0.2) is 29.2 Å². The van der Waals surface area contributed by atoms with Crippen molar-refractivity contribution >= 4 is 16.8 Å². The largest absolute Gasteiger partial charge is 0.336 e. The lowest BCUT2D eigenvalue weighted by atomic mass is 10.1. The van der Waals surface area contributed by atoms with Crippen LogP contribution in [-0.2, 0) is 0 Å². The SMILES string of the molecule is CC(=O)c1ncc(-c2ccc3[nH]c(=O)[nH]c3c2)[nH]1. The molecule has 0 saturated carbocycles. The number of nitrogens with one attached hydrogen (secondary N) is 3. The molecule has 0 bridgehead atoms. The van der Waals surface area contributed by atoms with Gasteiger partial charge in [-0.1, -0.05) is 6.07 Å². The Balaban J connectivity index is 2.12. The molecule has 0 amide bonds. The molecule has 1 aromatic carbocycles. The highest BCUT2D eigenvalue weighted by molar-refractivity contribution is 5.91. The standard InChI is InChI=1S/C12H10N4O2/c1-6(17)11-13-5-10(14-11)7-2-3-8-9(4-7)16-12(18)15-8/h2-5H,1H3,(H,13,14)(H2,15,16,18). The lowest BCUT2D eigenvalue weighted by Gasteiger charge is -1.97. The average molecular weight is 242 g/mol. The van der Waals surface area contributed by atoms with E-state index in [1.807, 2.05) is 12.1 Å². The van der Waals surface area contributed by atoms with E-state index in [2.05, 4.69) is 19.9 Å². The summed E-state index contributed by atoms with van der Waals surface area (Å²) < 4.78 is 0. The van der Waals surface area contributed by atoms with Crippen molar-refractivity contribution in [2.45, 2.75) is 6.92 Å². The highest BCUT2D eigenvalue weighted by Crippen LogP contribution is 2.20. The molecule has 0 saturated heterocycles. The van der Waals surface area contributed by atoms with Gasteiger partial charge in [-0.15, -0.1) is 0 Å². The first kappa shape index (κ1) is 10.5. The molecular weight excluding hydrogens is 232 g/mol. The van der Waals surface area contributed by atoms with Gasteiger partial charge in [-0.25, -0.2) is 9.78 Å². The number of nitrogens with zero attached hydrogens (tertiary/aromatic N) is 1. The van der Waals surface area contributed by atoms with Crippen molar-refractivity contribution in [3.8, 4) is 11.3 Å². The minimum absolute atomic E-state index is 0.114. The van der Waals surface area contributed by atoms with E-state index in [1.54, 1.807) is 12.3 Å². The minimum atomic E-state index is -0.240.